The molecular formula is C8H8N2O3. The summed E-state index contributed by atoms with van der Waals surface area (Å²) < 4.78 is 0. The largest absolute Gasteiger partial charge is 0.333 e. The van der Waals surface area contributed by atoms with Gasteiger partial charge in [0, 0.05) is 20.0 Å². The Bertz CT molecular complexity index is 316. The molecule has 5 heteroatoms. The van der Waals surface area contributed by atoms with E-state index in [2.05, 4.69) is 5.92 Å². The Balaban J connectivity index is 2.77. The number of amides is 4. The van der Waals surface area contributed by atoms with E-state index in [0.717, 1.165) is 9.80 Å². The fraction of sp³-hybridized carbons (Fsp3) is 0.375. The fourth-order valence-corrected chi connectivity index (χ4v) is 0.987. The first kappa shape index (κ1) is 9.26. The van der Waals surface area contributed by atoms with Crippen LogP contribution < -0.4 is 0 Å². The molecule has 0 spiro atoms. The average Bonchev–Trinajstić information content (AvgIpc) is 2.30. The quantitative estimate of drug-likeness (QED) is 0.325. The Morgan fingerprint density at radius 1 is 1.31 bits per heavy atom. The van der Waals surface area contributed by atoms with Crippen LogP contribution in [0.25, 0.3) is 0 Å². The summed E-state index contributed by atoms with van der Waals surface area (Å²) in [5, 5.41) is 0. The highest BCUT2D eigenvalue weighted by Crippen LogP contribution is 2.09. The highest BCUT2D eigenvalue weighted by Gasteiger charge is 2.41. The number of hydrogen-bond donors (Lipinski definition) is 0. The van der Waals surface area contributed by atoms with Gasteiger partial charge in [0.05, 0.1) is 0 Å². The van der Waals surface area contributed by atoms with E-state index in [1.807, 2.05) is 0 Å². The Morgan fingerprint density at radius 2 is 1.92 bits per heavy atom. The summed E-state index contributed by atoms with van der Waals surface area (Å²) in [5.74, 6) is 0.683. The predicted octanol–water partition coefficient (Wildman–Crippen LogP) is -0.570. The van der Waals surface area contributed by atoms with Gasteiger partial charge in [-0.15, -0.1) is 12.3 Å². The van der Waals surface area contributed by atoms with Gasteiger partial charge in [-0.2, -0.15) is 0 Å². The molecule has 0 unspecified atom stereocenters. The lowest BCUT2D eigenvalue weighted by atomic mass is 10.4. The minimum Gasteiger partial charge on any atom is -0.263 e. The summed E-state index contributed by atoms with van der Waals surface area (Å²) >= 11 is 0. The van der Waals surface area contributed by atoms with E-state index in [9.17, 15) is 14.4 Å². The SMILES string of the molecule is C#CCCN1C(=O)C(=O)N(C)C1=O. The van der Waals surface area contributed by atoms with Gasteiger partial charge in [0.25, 0.3) is 0 Å². The fourth-order valence-electron chi connectivity index (χ4n) is 0.987. The first-order valence-corrected chi connectivity index (χ1v) is 3.66. The van der Waals surface area contributed by atoms with E-state index < -0.39 is 17.8 Å². The zero-order valence-electron chi connectivity index (χ0n) is 7.11. The lowest BCUT2D eigenvalue weighted by molar-refractivity contribution is -0.142. The smallest absolute Gasteiger partial charge is 0.263 e. The van der Waals surface area contributed by atoms with Crippen LogP contribution in [0.4, 0.5) is 4.79 Å². The van der Waals surface area contributed by atoms with E-state index in [1.54, 1.807) is 0 Å². The van der Waals surface area contributed by atoms with Crippen molar-refractivity contribution in [2.24, 2.45) is 0 Å². The number of carbonyl (C=O) groups is 3. The van der Waals surface area contributed by atoms with Crippen LogP contribution >= 0.6 is 0 Å². The van der Waals surface area contributed by atoms with Crippen LogP contribution in [0.15, 0.2) is 0 Å². The van der Waals surface area contributed by atoms with Gasteiger partial charge >= 0.3 is 17.8 Å². The third kappa shape index (κ3) is 1.38. The summed E-state index contributed by atoms with van der Waals surface area (Å²) in [5.41, 5.74) is 0. The van der Waals surface area contributed by atoms with Crippen molar-refractivity contribution >= 4 is 17.8 Å². The molecule has 0 aromatic rings. The number of nitrogens with zero attached hydrogens (tertiary/aromatic N) is 2. The zero-order chi connectivity index (χ0) is 10.0. The first-order chi connectivity index (χ1) is 6.09. The molecule has 0 aromatic heterocycles. The number of urea groups is 1. The van der Waals surface area contributed by atoms with Crippen LogP contribution in [0, 0.1) is 12.3 Å². The maximum Gasteiger partial charge on any atom is 0.333 e. The van der Waals surface area contributed by atoms with Crippen LogP contribution in [0.5, 0.6) is 0 Å². The number of carbonyl (C=O) groups excluding carboxylic acids is 3. The second-order valence-electron chi connectivity index (χ2n) is 2.56. The van der Waals surface area contributed by atoms with Crippen molar-refractivity contribution in [2.45, 2.75) is 6.42 Å². The van der Waals surface area contributed by atoms with E-state index in [0.29, 0.717) is 0 Å². The van der Waals surface area contributed by atoms with Gasteiger partial charge in [-0.05, 0) is 0 Å². The van der Waals surface area contributed by atoms with Crippen LogP contribution in [0.1, 0.15) is 6.42 Å². The molecule has 0 atom stereocenters. The molecule has 5 nitrogen and oxygen atoms in total. The molecule has 0 aromatic carbocycles. The minimum absolute atomic E-state index is 0.101. The second-order valence-corrected chi connectivity index (χ2v) is 2.56. The molecule has 1 rings (SSSR count). The van der Waals surface area contributed by atoms with E-state index in [1.165, 1.54) is 7.05 Å². The van der Waals surface area contributed by atoms with Crippen molar-refractivity contribution in [3.63, 3.8) is 0 Å². The molecule has 0 radical (unpaired) electrons. The van der Waals surface area contributed by atoms with E-state index in [4.69, 9.17) is 6.42 Å². The average molecular weight is 180 g/mol. The van der Waals surface area contributed by atoms with Crippen LogP contribution in [0.3, 0.4) is 0 Å². The molecule has 68 valence electrons. The number of terminal acetylenes is 1. The molecule has 0 bridgehead atoms. The van der Waals surface area contributed by atoms with Gasteiger partial charge in [-0.3, -0.25) is 19.4 Å². The second kappa shape index (κ2) is 3.27. The summed E-state index contributed by atoms with van der Waals surface area (Å²) in [7, 11) is 1.26. The van der Waals surface area contributed by atoms with Crippen molar-refractivity contribution in [3.8, 4) is 12.3 Å². The first-order valence-electron chi connectivity index (χ1n) is 3.66. The lowest BCUT2D eigenvalue weighted by Gasteiger charge is -2.09. The summed E-state index contributed by atoms with van der Waals surface area (Å²) in [6.45, 7) is 0.101. The van der Waals surface area contributed by atoms with Crippen LogP contribution in [-0.2, 0) is 9.59 Å². The van der Waals surface area contributed by atoms with Crippen molar-refractivity contribution in [1.29, 1.82) is 0 Å². The molecule has 0 aliphatic carbocycles. The number of hydrogen-bond acceptors (Lipinski definition) is 3. The van der Waals surface area contributed by atoms with Crippen molar-refractivity contribution in [1.82, 2.24) is 9.80 Å². The molecule has 0 saturated carbocycles. The summed E-state index contributed by atoms with van der Waals surface area (Å²) in [6, 6.07) is -0.606. The molecule has 1 fully saturated rings. The Kier molecular flexibility index (Phi) is 2.33. The van der Waals surface area contributed by atoms with Crippen LogP contribution in [-0.4, -0.2) is 41.2 Å². The van der Waals surface area contributed by atoms with E-state index in [-0.39, 0.29) is 13.0 Å². The van der Waals surface area contributed by atoms with Gasteiger partial charge in [0.2, 0.25) is 0 Å². The monoisotopic (exact) mass is 180 g/mol. The molecule has 0 N–H and O–H groups in total. The highest BCUT2D eigenvalue weighted by atomic mass is 16.2. The molecule has 1 aliphatic rings. The Labute approximate surface area is 75.3 Å². The maximum atomic E-state index is 11.2. The topological polar surface area (TPSA) is 57.7 Å². The Hall–Kier alpha value is -1.83. The highest BCUT2D eigenvalue weighted by molar-refractivity contribution is 6.44. The summed E-state index contributed by atoms with van der Waals surface area (Å²) in [4.78, 5) is 34.8. The molecule has 13 heavy (non-hydrogen) atoms. The summed E-state index contributed by atoms with van der Waals surface area (Å²) in [6.07, 6.45) is 5.23. The van der Waals surface area contributed by atoms with Crippen molar-refractivity contribution in [3.05, 3.63) is 0 Å². The minimum atomic E-state index is -0.804. The van der Waals surface area contributed by atoms with Gasteiger partial charge in [-0.1, -0.05) is 0 Å². The standard InChI is InChI=1S/C8H8N2O3/c1-3-4-5-10-7(12)6(11)9(2)8(10)13/h1H,4-5H2,2H3. The van der Waals surface area contributed by atoms with Crippen LogP contribution in [0.2, 0.25) is 0 Å². The molecule has 4 amide bonds. The third-order valence-corrected chi connectivity index (χ3v) is 1.73. The normalized spacial score (nSPS) is 16.8. The van der Waals surface area contributed by atoms with Gasteiger partial charge in [0.1, 0.15) is 0 Å². The molecule has 1 saturated heterocycles. The number of likely N-dealkylation sites (N-methyl/N-ethyl adjacent to an activating group) is 1. The van der Waals surface area contributed by atoms with Crippen molar-refractivity contribution < 1.29 is 14.4 Å². The molecule has 1 aliphatic heterocycles. The van der Waals surface area contributed by atoms with Gasteiger partial charge in [-0.25, -0.2) is 4.79 Å². The van der Waals surface area contributed by atoms with E-state index >= 15 is 0 Å². The van der Waals surface area contributed by atoms with Gasteiger partial charge < -0.3 is 0 Å². The number of rotatable bonds is 2. The number of imide groups is 2. The lowest BCUT2D eigenvalue weighted by Crippen LogP contribution is -2.32. The van der Waals surface area contributed by atoms with Crippen molar-refractivity contribution in [2.75, 3.05) is 13.6 Å². The zero-order valence-corrected chi connectivity index (χ0v) is 7.11. The van der Waals surface area contributed by atoms with Gasteiger partial charge in [0.15, 0.2) is 0 Å². The predicted molar refractivity (Wildman–Crippen MR) is 43.3 cm³/mol. The third-order valence-electron chi connectivity index (χ3n) is 1.73. The Morgan fingerprint density at radius 3 is 2.31 bits per heavy atom. The molecular weight excluding hydrogens is 172 g/mol. The molecule has 1 heterocycles. The maximum absolute atomic E-state index is 11.2.